The van der Waals surface area contributed by atoms with Gasteiger partial charge < -0.3 is 4.74 Å². The number of rotatable bonds is 4. The van der Waals surface area contributed by atoms with Gasteiger partial charge in [-0.25, -0.2) is 4.68 Å². The molecule has 3 rings (SSSR count). The molecule has 0 spiro atoms. The molecule has 0 aliphatic rings. The number of aromatic nitrogens is 5. The monoisotopic (exact) mass is 287 g/mol. The van der Waals surface area contributed by atoms with Gasteiger partial charge in [-0.05, 0) is 23.2 Å². The predicted molar refractivity (Wildman–Crippen MR) is 72.7 cm³/mol. The summed E-state index contributed by atoms with van der Waals surface area (Å²) in [5, 5.41) is 4.10. The summed E-state index contributed by atoms with van der Waals surface area (Å²) >= 11 is 5.87. The molecule has 0 N–H and O–H groups in total. The van der Waals surface area contributed by atoms with Gasteiger partial charge in [-0.1, -0.05) is 30.3 Å². The van der Waals surface area contributed by atoms with E-state index in [0.717, 1.165) is 5.56 Å². The third-order valence-corrected chi connectivity index (χ3v) is 2.66. The molecule has 2 heterocycles. The first-order chi connectivity index (χ1) is 9.81. The summed E-state index contributed by atoms with van der Waals surface area (Å²) in [5.41, 5.74) is 1.02. The fraction of sp³-hybridized carbons (Fsp3) is 0.0769. The van der Waals surface area contributed by atoms with Gasteiger partial charge in [0.15, 0.2) is 0 Å². The topological polar surface area (TPSA) is 65.7 Å². The van der Waals surface area contributed by atoms with Crippen molar-refractivity contribution in [2.24, 2.45) is 0 Å². The first-order valence-electron chi connectivity index (χ1n) is 5.89. The van der Waals surface area contributed by atoms with Crippen LogP contribution in [0.5, 0.6) is 6.01 Å². The lowest BCUT2D eigenvalue weighted by Gasteiger charge is -2.06. The zero-order valence-corrected chi connectivity index (χ0v) is 11.1. The maximum Gasteiger partial charge on any atom is 0.322 e. The molecule has 0 bridgehead atoms. The molecule has 0 amide bonds. The number of nitrogens with zero attached hydrogens (tertiary/aromatic N) is 5. The van der Waals surface area contributed by atoms with Crippen LogP contribution in [0.1, 0.15) is 5.56 Å². The molecule has 0 fully saturated rings. The van der Waals surface area contributed by atoms with E-state index in [0.29, 0.717) is 12.6 Å². The van der Waals surface area contributed by atoms with Crippen LogP contribution in [-0.2, 0) is 6.61 Å². The van der Waals surface area contributed by atoms with Gasteiger partial charge >= 0.3 is 6.01 Å². The quantitative estimate of drug-likeness (QED) is 0.736. The molecule has 0 saturated heterocycles. The molecule has 0 radical (unpaired) electrons. The molecule has 7 heteroatoms. The predicted octanol–water partition coefficient (Wildman–Crippen LogP) is 2.29. The zero-order chi connectivity index (χ0) is 13.8. The minimum atomic E-state index is 0.0635. The maximum atomic E-state index is 5.87. The summed E-state index contributed by atoms with van der Waals surface area (Å²) < 4.78 is 7.01. The van der Waals surface area contributed by atoms with Crippen LogP contribution >= 0.6 is 11.6 Å². The molecule has 100 valence electrons. The minimum Gasteiger partial charge on any atom is -0.458 e. The molecular weight excluding hydrogens is 278 g/mol. The van der Waals surface area contributed by atoms with Crippen LogP contribution in [0, 0.1) is 0 Å². The molecule has 0 atom stereocenters. The highest BCUT2D eigenvalue weighted by molar-refractivity contribution is 6.28. The van der Waals surface area contributed by atoms with Gasteiger partial charge in [-0.15, -0.1) is 0 Å². The van der Waals surface area contributed by atoms with Crippen LogP contribution in [0.25, 0.3) is 5.95 Å². The maximum absolute atomic E-state index is 5.87. The molecule has 0 aliphatic heterocycles. The van der Waals surface area contributed by atoms with Crippen molar-refractivity contribution in [3.63, 3.8) is 0 Å². The smallest absolute Gasteiger partial charge is 0.322 e. The van der Waals surface area contributed by atoms with Gasteiger partial charge in [0, 0.05) is 12.4 Å². The first-order valence-corrected chi connectivity index (χ1v) is 6.27. The van der Waals surface area contributed by atoms with E-state index in [2.05, 4.69) is 20.1 Å². The Balaban J connectivity index is 1.80. The molecular formula is C13H10ClN5O. The second kappa shape index (κ2) is 5.66. The SMILES string of the molecule is Clc1nc(OCc2ccccc2)nc(-n2cccn2)n1. The fourth-order valence-electron chi connectivity index (χ4n) is 1.60. The normalized spacial score (nSPS) is 10.4. The van der Waals surface area contributed by atoms with Crippen LogP contribution in [0.2, 0.25) is 5.28 Å². The van der Waals surface area contributed by atoms with E-state index in [1.54, 1.807) is 18.5 Å². The Hall–Kier alpha value is -2.47. The summed E-state index contributed by atoms with van der Waals surface area (Å²) in [7, 11) is 0. The Labute approximate surface area is 120 Å². The summed E-state index contributed by atoms with van der Waals surface area (Å²) in [6.07, 6.45) is 3.34. The number of halogens is 1. The molecule has 6 nitrogen and oxygen atoms in total. The summed E-state index contributed by atoms with van der Waals surface area (Å²) in [4.78, 5) is 12.1. The van der Waals surface area contributed by atoms with Crippen molar-refractivity contribution in [2.75, 3.05) is 0 Å². The van der Waals surface area contributed by atoms with Gasteiger partial charge in [0.25, 0.3) is 5.95 Å². The van der Waals surface area contributed by atoms with E-state index in [1.807, 2.05) is 30.3 Å². The largest absolute Gasteiger partial charge is 0.458 e. The molecule has 3 aromatic rings. The molecule has 2 aromatic heterocycles. The lowest BCUT2D eigenvalue weighted by atomic mass is 10.2. The highest BCUT2D eigenvalue weighted by atomic mass is 35.5. The standard InChI is InChI=1S/C13H10ClN5O/c14-11-16-12(19-8-4-7-15-19)18-13(17-11)20-9-10-5-2-1-3-6-10/h1-8H,9H2. The average molecular weight is 288 g/mol. The van der Waals surface area contributed by atoms with E-state index in [4.69, 9.17) is 16.3 Å². The van der Waals surface area contributed by atoms with E-state index >= 15 is 0 Å². The lowest BCUT2D eigenvalue weighted by molar-refractivity contribution is 0.279. The van der Waals surface area contributed by atoms with E-state index < -0.39 is 0 Å². The molecule has 20 heavy (non-hydrogen) atoms. The lowest BCUT2D eigenvalue weighted by Crippen LogP contribution is -2.07. The van der Waals surface area contributed by atoms with Crippen LogP contribution < -0.4 is 4.74 Å². The van der Waals surface area contributed by atoms with E-state index in [1.165, 1.54) is 4.68 Å². The van der Waals surface area contributed by atoms with Crippen molar-refractivity contribution in [3.05, 3.63) is 59.6 Å². The Morgan fingerprint density at radius 1 is 1.05 bits per heavy atom. The minimum absolute atomic E-state index is 0.0635. The van der Waals surface area contributed by atoms with Crippen LogP contribution in [-0.4, -0.2) is 24.7 Å². The number of hydrogen-bond donors (Lipinski definition) is 0. The Bertz CT molecular complexity index is 687. The Kier molecular flexibility index (Phi) is 3.56. The third kappa shape index (κ3) is 2.92. The summed E-state index contributed by atoms with van der Waals surface area (Å²) in [6.45, 7) is 0.361. The summed E-state index contributed by atoms with van der Waals surface area (Å²) in [5.74, 6) is 0.318. The molecule has 0 unspecified atom stereocenters. The van der Waals surface area contributed by atoms with Crippen molar-refractivity contribution in [1.29, 1.82) is 0 Å². The highest BCUT2D eigenvalue weighted by Crippen LogP contribution is 2.12. The fourth-order valence-corrected chi connectivity index (χ4v) is 1.75. The first kappa shape index (κ1) is 12.6. The van der Waals surface area contributed by atoms with Crippen LogP contribution in [0.15, 0.2) is 48.8 Å². The summed E-state index contributed by atoms with van der Waals surface area (Å²) in [6, 6.07) is 11.7. The van der Waals surface area contributed by atoms with Crippen LogP contribution in [0.3, 0.4) is 0 Å². The Morgan fingerprint density at radius 3 is 2.65 bits per heavy atom. The van der Waals surface area contributed by atoms with Gasteiger partial charge in [0.1, 0.15) is 6.61 Å². The van der Waals surface area contributed by atoms with Gasteiger partial charge in [-0.3, -0.25) is 0 Å². The van der Waals surface area contributed by atoms with Crippen molar-refractivity contribution >= 4 is 11.6 Å². The Morgan fingerprint density at radius 2 is 1.90 bits per heavy atom. The van der Waals surface area contributed by atoms with Crippen molar-refractivity contribution in [1.82, 2.24) is 24.7 Å². The van der Waals surface area contributed by atoms with Crippen molar-refractivity contribution in [3.8, 4) is 12.0 Å². The highest BCUT2D eigenvalue weighted by Gasteiger charge is 2.08. The van der Waals surface area contributed by atoms with Gasteiger partial charge in [-0.2, -0.15) is 20.1 Å². The van der Waals surface area contributed by atoms with Gasteiger partial charge in [0.2, 0.25) is 5.28 Å². The zero-order valence-electron chi connectivity index (χ0n) is 10.3. The van der Waals surface area contributed by atoms with Gasteiger partial charge in [0.05, 0.1) is 0 Å². The molecule has 0 saturated carbocycles. The van der Waals surface area contributed by atoms with E-state index in [9.17, 15) is 0 Å². The molecule has 1 aromatic carbocycles. The second-order valence-electron chi connectivity index (χ2n) is 3.91. The van der Waals surface area contributed by atoms with Crippen molar-refractivity contribution < 1.29 is 4.74 Å². The molecule has 0 aliphatic carbocycles. The second-order valence-corrected chi connectivity index (χ2v) is 4.25. The number of benzene rings is 1. The average Bonchev–Trinajstić information content (AvgIpc) is 3.00. The van der Waals surface area contributed by atoms with Crippen molar-refractivity contribution in [2.45, 2.75) is 6.61 Å². The third-order valence-electron chi connectivity index (χ3n) is 2.50. The van der Waals surface area contributed by atoms with Crippen LogP contribution in [0.4, 0.5) is 0 Å². The number of ether oxygens (including phenoxy) is 1. The number of hydrogen-bond acceptors (Lipinski definition) is 5. The van der Waals surface area contributed by atoms with E-state index in [-0.39, 0.29) is 11.3 Å².